The summed E-state index contributed by atoms with van der Waals surface area (Å²) in [5.41, 5.74) is 6.00. The summed E-state index contributed by atoms with van der Waals surface area (Å²) in [6.07, 6.45) is 0. The fourth-order valence-corrected chi connectivity index (χ4v) is 4.30. The molecule has 1 unspecified atom stereocenters. The molecule has 0 aromatic carbocycles. The van der Waals surface area contributed by atoms with Crippen molar-refractivity contribution < 1.29 is 0 Å². The zero-order valence-corrected chi connectivity index (χ0v) is 14.2. The largest absolute Gasteiger partial charge is 0.329 e. The van der Waals surface area contributed by atoms with Crippen LogP contribution in [-0.2, 0) is 0 Å². The van der Waals surface area contributed by atoms with Crippen molar-refractivity contribution in [2.24, 2.45) is 11.7 Å². The quantitative estimate of drug-likeness (QED) is 0.890. The number of hydrogen-bond donors (Lipinski definition) is 1. The smallest absolute Gasteiger partial charge is 0.0702 e. The Morgan fingerprint density at radius 3 is 2.42 bits per heavy atom. The highest BCUT2D eigenvalue weighted by Gasteiger charge is 2.25. The van der Waals surface area contributed by atoms with Gasteiger partial charge in [-0.25, -0.2) is 0 Å². The Morgan fingerprint density at radius 1 is 1.26 bits per heavy atom. The Kier molecular flexibility index (Phi) is 5.84. The maximum atomic E-state index is 6.00. The predicted molar refractivity (Wildman–Crippen MR) is 86.7 cm³/mol. The third-order valence-corrected chi connectivity index (χ3v) is 5.34. The molecule has 2 heterocycles. The molecule has 19 heavy (non-hydrogen) atoms. The molecule has 1 fully saturated rings. The van der Waals surface area contributed by atoms with E-state index in [4.69, 9.17) is 5.73 Å². The lowest BCUT2D eigenvalue weighted by Crippen LogP contribution is -2.49. The van der Waals surface area contributed by atoms with Gasteiger partial charge in [0.15, 0.2) is 0 Å². The number of piperazine rings is 1. The van der Waals surface area contributed by atoms with Crippen LogP contribution < -0.4 is 5.73 Å². The summed E-state index contributed by atoms with van der Waals surface area (Å²) in [6, 6.07) is 4.71. The Morgan fingerprint density at radius 2 is 1.95 bits per heavy atom. The van der Waals surface area contributed by atoms with Crippen LogP contribution in [-0.4, -0.2) is 49.1 Å². The Balaban J connectivity index is 1.92. The lowest BCUT2D eigenvalue weighted by Gasteiger charge is -2.39. The molecular weight excluding hydrogens is 322 g/mol. The topological polar surface area (TPSA) is 32.5 Å². The summed E-state index contributed by atoms with van der Waals surface area (Å²) < 4.78 is 1.19. The van der Waals surface area contributed by atoms with Gasteiger partial charge in [0.2, 0.25) is 0 Å². The zero-order chi connectivity index (χ0) is 13.8. The maximum Gasteiger partial charge on any atom is 0.0702 e. The molecule has 0 bridgehead atoms. The normalized spacial score (nSPS) is 20.1. The predicted octanol–water partition coefficient (Wildman–Crippen LogP) is 2.78. The maximum absolute atomic E-state index is 6.00. The first-order valence-corrected chi connectivity index (χ1v) is 8.62. The molecule has 0 radical (unpaired) electrons. The van der Waals surface area contributed by atoms with Gasteiger partial charge in [-0.3, -0.25) is 4.90 Å². The van der Waals surface area contributed by atoms with Gasteiger partial charge in [0.05, 0.1) is 9.83 Å². The van der Waals surface area contributed by atoms with Crippen LogP contribution in [0.25, 0.3) is 0 Å². The molecule has 0 spiro atoms. The van der Waals surface area contributed by atoms with Crippen molar-refractivity contribution in [1.82, 2.24) is 9.80 Å². The highest BCUT2D eigenvalue weighted by molar-refractivity contribution is 9.11. The molecule has 0 amide bonds. The van der Waals surface area contributed by atoms with Crippen molar-refractivity contribution in [1.29, 1.82) is 0 Å². The summed E-state index contributed by atoms with van der Waals surface area (Å²) in [5, 5.41) is 0. The molecule has 1 aromatic rings. The Labute approximate surface area is 128 Å². The first-order chi connectivity index (χ1) is 9.10. The molecule has 2 N–H and O–H groups in total. The average molecular weight is 346 g/mol. The lowest BCUT2D eigenvalue weighted by atomic mass is 10.1. The summed E-state index contributed by atoms with van der Waals surface area (Å²) in [6.45, 7) is 11.1. The van der Waals surface area contributed by atoms with E-state index in [0.717, 1.165) is 19.0 Å². The second kappa shape index (κ2) is 7.18. The number of halogens is 1. The molecule has 1 aliphatic rings. The van der Waals surface area contributed by atoms with E-state index in [-0.39, 0.29) is 0 Å². The van der Waals surface area contributed by atoms with Gasteiger partial charge in [0, 0.05) is 44.1 Å². The van der Waals surface area contributed by atoms with Crippen LogP contribution in [0.2, 0.25) is 0 Å². The van der Waals surface area contributed by atoms with Crippen LogP contribution in [0.15, 0.2) is 15.9 Å². The van der Waals surface area contributed by atoms with E-state index < -0.39 is 0 Å². The van der Waals surface area contributed by atoms with E-state index in [1.165, 1.54) is 28.3 Å². The van der Waals surface area contributed by atoms with E-state index in [2.05, 4.69) is 51.7 Å². The molecule has 2 rings (SSSR count). The molecule has 3 nitrogen and oxygen atoms in total. The molecular formula is C14H24BrN3S. The van der Waals surface area contributed by atoms with Crippen LogP contribution in [0.4, 0.5) is 0 Å². The fraction of sp³-hybridized carbons (Fsp3) is 0.714. The minimum absolute atomic E-state index is 0.387. The minimum atomic E-state index is 0.387. The van der Waals surface area contributed by atoms with Gasteiger partial charge < -0.3 is 10.6 Å². The first-order valence-electron chi connectivity index (χ1n) is 7.02. The van der Waals surface area contributed by atoms with E-state index in [9.17, 15) is 0 Å². The average Bonchev–Trinajstić information content (AvgIpc) is 2.78. The molecule has 1 aliphatic heterocycles. The third-order valence-electron chi connectivity index (χ3n) is 3.62. The molecule has 108 valence electrons. The van der Waals surface area contributed by atoms with Crippen molar-refractivity contribution in [3.63, 3.8) is 0 Å². The van der Waals surface area contributed by atoms with E-state index in [1.807, 2.05) is 0 Å². The first kappa shape index (κ1) is 15.4. The van der Waals surface area contributed by atoms with Crippen LogP contribution in [0.5, 0.6) is 0 Å². The van der Waals surface area contributed by atoms with Crippen LogP contribution >= 0.6 is 27.3 Å². The van der Waals surface area contributed by atoms with Gasteiger partial charge >= 0.3 is 0 Å². The second-order valence-electron chi connectivity index (χ2n) is 5.62. The van der Waals surface area contributed by atoms with Crippen molar-refractivity contribution in [2.75, 3.05) is 39.3 Å². The molecule has 5 heteroatoms. The van der Waals surface area contributed by atoms with Gasteiger partial charge in [-0.1, -0.05) is 13.8 Å². The van der Waals surface area contributed by atoms with Crippen molar-refractivity contribution in [3.05, 3.63) is 20.8 Å². The molecule has 1 aromatic heterocycles. The van der Waals surface area contributed by atoms with Crippen molar-refractivity contribution >= 4 is 27.3 Å². The van der Waals surface area contributed by atoms with Gasteiger partial charge in [-0.2, -0.15) is 0 Å². The van der Waals surface area contributed by atoms with Crippen molar-refractivity contribution in [2.45, 2.75) is 19.9 Å². The Bertz CT molecular complexity index is 386. The highest BCUT2D eigenvalue weighted by Crippen LogP contribution is 2.30. The van der Waals surface area contributed by atoms with Crippen LogP contribution in [0.3, 0.4) is 0 Å². The summed E-state index contributed by atoms with van der Waals surface area (Å²) in [4.78, 5) is 6.49. The van der Waals surface area contributed by atoms with Crippen LogP contribution in [0, 0.1) is 5.92 Å². The monoisotopic (exact) mass is 345 g/mol. The molecule has 1 atom stereocenters. The standard InChI is InChI=1S/C14H24BrN3S/c1-11(2)10-17-5-7-18(8-6-17)12(9-16)13-3-4-14(15)19-13/h3-4,11-12H,5-10,16H2,1-2H3. The summed E-state index contributed by atoms with van der Waals surface area (Å²) in [7, 11) is 0. The second-order valence-corrected chi connectivity index (χ2v) is 8.12. The van der Waals surface area contributed by atoms with Crippen LogP contribution in [0.1, 0.15) is 24.8 Å². The van der Waals surface area contributed by atoms with Gasteiger partial charge in [-0.05, 0) is 34.0 Å². The van der Waals surface area contributed by atoms with Gasteiger partial charge in [0.25, 0.3) is 0 Å². The van der Waals surface area contributed by atoms with Gasteiger partial charge in [-0.15, -0.1) is 11.3 Å². The molecule has 0 aliphatic carbocycles. The van der Waals surface area contributed by atoms with E-state index >= 15 is 0 Å². The molecule has 0 saturated carbocycles. The SMILES string of the molecule is CC(C)CN1CCN(C(CN)c2ccc(Br)s2)CC1. The lowest BCUT2D eigenvalue weighted by molar-refractivity contribution is 0.0924. The number of rotatable bonds is 5. The highest BCUT2D eigenvalue weighted by atomic mass is 79.9. The number of nitrogens with zero attached hydrogens (tertiary/aromatic N) is 2. The number of nitrogens with two attached hydrogens (primary N) is 1. The molecule has 1 saturated heterocycles. The number of hydrogen-bond acceptors (Lipinski definition) is 4. The third kappa shape index (κ3) is 4.26. The van der Waals surface area contributed by atoms with E-state index in [0.29, 0.717) is 12.6 Å². The van der Waals surface area contributed by atoms with E-state index in [1.54, 1.807) is 11.3 Å². The zero-order valence-electron chi connectivity index (χ0n) is 11.8. The fourth-order valence-electron chi connectivity index (χ4n) is 2.73. The van der Waals surface area contributed by atoms with Gasteiger partial charge in [0.1, 0.15) is 0 Å². The Hall–Kier alpha value is 0.0600. The summed E-state index contributed by atoms with van der Waals surface area (Å²) in [5.74, 6) is 0.755. The van der Waals surface area contributed by atoms with Crippen molar-refractivity contribution in [3.8, 4) is 0 Å². The minimum Gasteiger partial charge on any atom is -0.329 e. The number of thiophene rings is 1. The summed E-state index contributed by atoms with van der Waals surface area (Å²) >= 11 is 5.35.